The van der Waals surface area contributed by atoms with Crippen molar-refractivity contribution in [1.82, 2.24) is 0 Å². The summed E-state index contributed by atoms with van der Waals surface area (Å²) in [5, 5.41) is 0. The summed E-state index contributed by atoms with van der Waals surface area (Å²) in [5.74, 6) is 0.622. The van der Waals surface area contributed by atoms with E-state index in [4.69, 9.17) is 4.43 Å². The minimum absolute atomic E-state index is 0.220. The smallest absolute Gasteiger partial charge is 0.242 e. The Bertz CT molecular complexity index is 349. The SMILES string of the molecule is C/C=C(/O[Si](C)(C)C)c1ccc(F)cc1. The van der Waals surface area contributed by atoms with Gasteiger partial charge in [-0.15, -0.1) is 0 Å². The van der Waals surface area contributed by atoms with Crippen molar-refractivity contribution in [2.45, 2.75) is 26.6 Å². The van der Waals surface area contributed by atoms with Crippen LogP contribution in [-0.2, 0) is 4.43 Å². The first-order chi connectivity index (χ1) is 6.92. The molecule has 1 aromatic carbocycles. The Hall–Kier alpha value is -1.09. The van der Waals surface area contributed by atoms with E-state index in [0.29, 0.717) is 0 Å². The van der Waals surface area contributed by atoms with E-state index in [1.54, 1.807) is 12.1 Å². The molecule has 0 fully saturated rings. The number of benzene rings is 1. The van der Waals surface area contributed by atoms with Crippen LogP contribution in [0.1, 0.15) is 12.5 Å². The van der Waals surface area contributed by atoms with Crippen molar-refractivity contribution in [2.24, 2.45) is 0 Å². The molecule has 1 aromatic rings. The fourth-order valence-electron chi connectivity index (χ4n) is 1.23. The van der Waals surface area contributed by atoms with Crippen LogP contribution in [0, 0.1) is 5.82 Å². The number of rotatable bonds is 3. The summed E-state index contributed by atoms with van der Waals surface area (Å²) in [6.45, 7) is 8.30. The molecule has 0 N–H and O–H groups in total. The molecular formula is C12H17FOSi. The predicted octanol–water partition coefficient (Wildman–Crippen LogP) is 4.04. The lowest BCUT2D eigenvalue weighted by Gasteiger charge is -2.21. The lowest BCUT2D eigenvalue weighted by atomic mass is 10.2. The second-order valence-electron chi connectivity index (χ2n) is 4.37. The molecule has 0 spiro atoms. The third-order valence-corrected chi connectivity index (χ3v) is 2.64. The summed E-state index contributed by atoms with van der Waals surface area (Å²) < 4.78 is 18.6. The van der Waals surface area contributed by atoms with Crippen LogP contribution in [0.15, 0.2) is 30.3 Å². The molecule has 15 heavy (non-hydrogen) atoms. The number of allylic oxidation sites excluding steroid dienone is 1. The lowest BCUT2D eigenvalue weighted by molar-refractivity contribution is 0.513. The number of hydrogen-bond acceptors (Lipinski definition) is 1. The van der Waals surface area contributed by atoms with Crippen LogP contribution >= 0.6 is 0 Å². The van der Waals surface area contributed by atoms with Gasteiger partial charge < -0.3 is 4.43 Å². The van der Waals surface area contributed by atoms with Gasteiger partial charge in [-0.05, 0) is 56.9 Å². The third kappa shape index (κ3) is 3.87. The first-order valence-corrected chi connectivity index (χ1v) is 8.44. The zero-order chi connectivity index (χ0) is 11.5. The summed E-state index contributed by atoms with van der Waals surface area (Å²) in [6, 6.07) is 6.38. The van der Waals surface area contributed by atoms with Gasteiger partial charge >= 0.3 is 0 Å². The van der Waals surface area contributed by atoms with Crippen LogP contribution in [0.4, 0.5) is 4.39 Å². The van der Waals surface area contributed by atoms with E-state index in [1.807, 2.05) is 13.0 Å². The molecule has 0 unspecified atom stereocenters. The Labute approximate surface area is 91.7 Å². The van der Waals surface area contributed by atoms with Crippen molar-refractivity contribution < 1.29 is 8.82 Å². The van der Waals surface area contributed by atoms with Crippen LogP contribution in [0.2, 0.25) is 19.6 Å². The molecule has 0 aromatic heterocycles. The standard InChI is InChI=1S/C12H17FOSi/c1-5-12(14-15(2,3)4)10-6-8-11(13)9-7-10/h5-9H,1-4H3/b12-5+. The highest BCUT2D eigenvalue weighted by atomic mass is 28.4. The van der Waals surface area contributed by atoms with Gasteiger partial charge in [0.1, 0.15) is 11.6 Å². The molecule has 0 radical (unpaired) electrons. The maximum Gasteiger partial charge on any atom is 0.242 e. The van der Waals surface area contributed by atoms with E-state index in [0.717, 1.165) is 11.3 Å². The Kier molecular flexibility index (Phi) is 3.69. The first kappa shape index (κ1) is 12.0. The molecule has 0 atom stereocenters. The molecule has 0 saturated heterocycles. The highest BCUT2D eigenvalue weighted by molar-refractivity contribution is 6.70. The fourth-order valence-corrected chi connectivity index (χ4v) is 2.12. The maximum absolute atomic E-state index is 12.7. The molecule has 0 bridgehead atoms. The minimum atomic E-state index is -1.60. The first-order valence-electron chi connectivity index (χ1n) is 5.03. The molecule has 0 aliphatic heterocycles. The zero-order valence-electron chi connectivity index (χ0n) is 9.67. The second kappa shape index (κ2) is 4.62. The van der Waals surface area contributed by atoms with Crippen molar-refractivity contribution in [2.75, 3.05) is 0 Å². The third-order valence-electron chi connectivity index (χ3n) is 1.81. The summed E-state index contributed by atoms with van der Waals surface area (Å²) >= 11 is 0. The van der Waals surface area contributed by atoms with Gasteiger partial charge in [0.25, 0.3) is 0 Å². The van der Waals surface area contributed by atoms with Crippen molar-refractivity contribution >= 4 is 14.1 Å². The van der Waals surface area contributed by atoms with Crippen LogP contribution in [-0.4, -0.2) is 8.32 Å². The van der Waals surface area contributed by atoms with E-state index in [2.05, 4.69) is 19.6 Å². The van der Waals surface area contributed by atoms with E-state index in [1.165, 1.54) is 12.1 Å². The summed E-state index contributed by atoms with van der Waals surface area (Å²) in [4.78, 5) is 0. The number of halogens is 1. The van der Waals surface area contributed by atoms with Gasteiger partial charge in [-0.3, -0.25) is 0 Å². The molecule has 1 nitrogen and oxygen atoms in total. The monoisotopic (exact) mass is 224 g/mol. The van der Waals surface area contributed by atoms with Crippen LogP contribution < -0.4 is 0 Å². The Morgan fingerprint density at radius 2 is 1.73 bits per heavy atom. The molecule has 0 heterocycles. The maximum atomic E-state index is 12.7. The molecule has 1 rings (SSSR count). The molecule has 0 aliphatic carbocycles. The highest BCUT2D eigenvalue weighted by Crippen LogP contribution is 2.21. The quantitative estimate of drug-likeness (QED) is 0.556. The van der Waals surface area contributed by atoms with E-state index >= 15 is 0 Å². The second-order valence-corrected chi connectivity index (χ2v) is 8.80. The van der Waals surface area contributed by atoms with Gasteiger partial charge in [-0.1, -0.05) is 0 Å². The van der Waals surface area contributed by atoms with Crippen molar-refractivity contribution in [3.8, 4) is 0 Å². The van der Waals surface area contributed by atoms with Crippen LogP contribution in [0.5, 0.6) is 0 Å². The van der Waals surface area contributed by atoms with E-state index < -0.39 is 8.32 Å². The normalized spacial score (nSPS) is 12.7. The predicted molar refractivity (Wildman–Crippen MR) is 64.5 cm³/mol. The topological polar surface area (TPSA) is 9.23 Å². The van der Waals surface area contributed by atoms with E-state index in [-0.39, 0.29) is 5.82 Å². The van der Waals surface area contributed by atoms with Gasteiger partial charge in [0.05, 0.1) is 0 Å². The van der Waals surface area contributed by atoms with Gasteiger partial charge in [0.15, 0.2) is 0 Å². The Morgan fingerprint density at radius 1 is 1.20 bits per heavy atom. The molecule has 0 amide bonds. The van der Waals surface area contributed by atoms with Crippen molar-refractivity contribution in [3.63, 3.8) is 0 Å². The van der Waals surface area contributed by atoms with Crippen LogP contribution in [0.25, 0.3) is 5.76 Å². The molecule has 0 saturated carbocycles. The van der Waals surface area contributed by atoms with Gasteiger partial charge in [-0.25, -0.2) is 4.39 Å². The lowest BCUT2D eigenvalue weighted by Crippen LogP contribution is -2.24. The fraction of sp³-hybridized carbons (Fsp3) is 0.333. The molecule has 82 valence electrons. The van der Waals surface area contributed by atoms with E-state index in [9.17, 15) is 4.39 Å². The van der Waals surface area contributed by atoms with Crippen molar-refractivity contribution in [1.29, 1.82) is 0 Å². The largest absolute Gasteiger partial charge is 0.544 e. The average Bonchev–Trinajstić information content (AvgIpc) is 2.14. The zero-order valence-corrected chi connectivity index (χ0v) is 10.7. The van der Waals surface area contributed by atoms with Crippen LogP contribution in [0.3, 0.4) is 0 Å². The average molecular weight is 224 g/mol. The van der Waals surface area contributed by atoms with Gasteiger partial charge in [0, 0.05) is 5.56 Å². The summed E-state index contributed by atoms with van der Waals surface area (Å²) in [7, 11) is -1.60. The van der Waals surface area contributed by atoms with Crippen molar-refractivity contribution in [3.05, 3.63) is 41.7 Å². The van der Waals surface area contributed by atoms with Gasteiger partial charge in [0.2, 0.25) is 8.32 Å². The summed E-state index contributed by atoms with van der Waals surface area (Å²) in [5.41, 5.74) is 0.932. The van der Waals surface area contributed by atoms with Gasteiger partial charge in [-0.2, -0.15) is 0 Å². The minimum Gasteiger partial charge on any atom is -0.544 e. The Balaban J connectivity index is 2.90. The Morgan fingerprint density at radius 3 is 2.13 bits per heavy atom. The molecule has 0 aliphatic rings. The molecule has 3 heteroatoms. The highest BCUT2D eigenvalue weighted by Gasteiger charge is 2.18. The number of hydrogen-bond donors (Lipinski definition) is 0. The summed E-state index contributed by atoms with van der Waals surface area (Å²) in [6.07, 6.45) is 1.92. The molecular weight excluding hydrogens is 207 g/mol.